The molecule has 3 aromatic carbocycles. The molecule has 4 rings (SSSR count). The Morgan fingerprint density at radius 1 is 0.977 bits per heavy atom. The largest absolute Gasteiger partial charge is 0.497 e. The number of benzene rings is 3. The SMILES string of the molecule is COc1ccc(C2C(C(=O)Nc3cc(CNC(=O)OC(C)(C)C)cc(C(F)(F)F)c3)CCC(=O)N2c2ccc(C)cc2)cc1. The van der Waals surface area contributed by atoms with Crippen LogP contribution in [0.1, 0.15) is 61.9 Å². The number of nitrogens with zero attached hydrogens (tertiary/aromatic N) is 1. The van der Waals surface area contributed by atoms with Crippen LogP contribution in [0.5, 0.6) is 5.75 Å². The summed E-state index contributed by atoms with van der Waals surface area (Å²) in [7, 11) is 1.53. The number of hydrogen-bond donors (Lipinski definition) is 2. The van der Waals surface area contributed by atoms with Crippen molar-refractivity contribution in [2.75, 3.05) is 17.3 Å². The van der Waals surface area contributed by atoms with Gasteiger partial charge >= 0.3 is 12.3 Å². The molecule has 234 valence electrons. The third kappa shape index (κ3) is 8.09. The van der Waals surface area contributed by atoms with Gasteiger partial charge in [0.05, 0.1) is 24.6 Å². The molecule has 3 amide bonds. The smallest absolute Gasteiger partial charge is 0.416 e. The van der Waals surface area contributed by atoms with E-state index in [-0.39, 0.29) is 36.5 Å². The standard InChI is InChI=1S/C33H36F3N3O5/c1-20-6-10-25(11-7-20)39-28(40)15-14-27(29(39)22-8-12-26(43-5)13-9-22)30(41)38-24-17-21(16-23(18-24)33(34,35)36)19-37-31(42)44-32(2,3)4/h6-13,16-18,27,29H,14-15,19H2,1-5H3,(H,37,42)(H,38,41). The van der Waals surface area contributed by atoms with Crippen molar-refractivity contribution in [2.24, 2.45) is 5.92 Å². The van der Waals surface area contributed by atoms with Crippen molar-refractivity contribution < 1.29 is 37.0 Å². The minimum atomic E-state index is -4.70. The fourth-order valence-corrected chi connectivity index (χ4v) is 5.11. The molecule has 2 unspecified atom stereocenters. The summed E-state index contributed by atoms with van der Waals surface area (Å²) in [5.74, 6) is -0.912. The van der Waals surface area contributed by atoms with Crippen LogP contribution in [-0.2, 0) is 27.0 Å². The number of amides is 3. The molecule has 44 heavy (non-hydrogen) atoms. The molecule has 3 aromatic rings. The summed E-state index contributed by atoms with van der Waals surface area (Å²) in [6, 6.07) is 16.8. The van der Waals surface area contributed by atoms with Gasteiger partial charge in [0.1, 0.15) is 11.4 Å². The molecule has 11 heteroatoms. The summed E-state index contributed by atoms with van der Waals surface area (Å²) in [5.41, 5.74) is 0.536. The number of methoxy groups -OCH3 is 1. The lowest BCUT2D eigenvalue weighted by atomic mass is 9.83. The molecular weight excluding hydrogens is 575 g/mol. The fraction of sp³-hybridized carbons (Fsp3) is 0.364. The summed E-state index contributed by atoms with van der Waals surface area (Å²) in [4.78, 5) is 40.9. The molecule has 0 spiro atoms. The van der Waals surface area contributed by atoms with Gasteiger partial charge in [0.25, 0.3) is 0 Å². The Kier molecular flexibility index (Phi) is 9.56. The van der Waals surface area contributed by atoms with Gasteiger partial charge in [-0.25, -0.2) is 4.79 Å². The summed E-state index contributed by atoms with van der Waals surface area (Å²) < 4.78 is 52.0. The zero-order valence-corrected chi connectivity index (χ0v) is 25.2. The maximum atomic E-state index is 13.9. The van der Waals surface area contributed by atoms with Crippen molar-refractivity contribution in [3.8, 4) is 5.75 Å². The second-order valence-electron chi connectivity index (χ2n) is 11.7. The van der Waals surface area contributed by atoms with E-state index in [0.717, 1.165) is 17.7 Å². The van der Waals surface area contributed by atoms with Crippen LogP contribution in [0, 0.1) is 12.8 Å². The molecule has 0 aliphatic carbocycles. The number of anilines is 2. The van der Waals surface area contributed by atoms with Crippen LogP contribution in [0.15, 0.2) is 66.7 Å². The zero-order valence-electron chi connectivity index (χ0n) is 25.2. The molecule has 1 aliphatic heterocycles. The zero-order chi connectivity index (χ0) is 32.2. The van der Waals surface area contributed by atoms with Crippen LogP contribution in [-0.4, -0.2) is 30.6 Å². The Bertz CT molecular complexity index is 1500. The van der Waals surface area contributed by atoms with Gasteiger partial charge in [0.2, 0.25) is 11.8 Å². The van der Waals surface area contributed by atoms with E-state index in [0.29, 0.717) is 17.0 Å². The first kappa shape index (κ1) is 32.4. The summed E-state index contributed by atoms with van der Waals surface area (Å²) in [6.07, 6.45) is -5.22. The summed E-state index contributed by atoms with van der Waals surface area (Å²) in [6.45, 7) is 6.67. The maximum Gasteiger partial charge on any atom is 0.416 e. The minimum absolute atomic E-state index is 0.0757. The molecule has 1 heterocycles. The van der Waals surface area contributed by atoms with Gasteiger partial charge in [0, 0.05) is 24.3 Å². The van der Waals surface area contributed by atoms with Gasteiger partial charge in [-0.3, -0.25) is 9.59 Å². The molecule has 0 saturated carbocycles. The quantitative estimate of drug-likeness (QED) is 0.295. The molecule has 2 atom stereocenters. The maximum absolute atomic E-state index is 13.9. The van der Waals surface area contributed by atoms with Gasteiger partial charge in [-0.1, -0.05) is 29.8 Å². The molecule has 8 nitrogen and oxygen atoms in total. The van der Waals surface area contributed by atoms with Crippen molar-refractivity contribution in [1.82, 2.24) is 5.32 Å². The number of carbonyl (C=O) groups is 3. The van der Waals surface area contributed by atoms with Crippen LogP contribution in [0.2, 0.25) is 0 Å². The third-order valence-electron chi connectivity index (χ3n) is 7.13. The van der Waals surface area contributed by atoms with E-state index < -0.39 is 41.3 Å². The highest BCUT2D eigenvalue weighted by Gasteiger charge is 2.42. The lowest BCUT2D eigenvalue weighted by molar-refractivity contribution is -0.137. The average molecular weight is 612 g/mol. The van der Waals surface area contributed by atoms with Crippen LogP contribution in [0.3, 0.4) is 0 Å². The Hall–Kier alpha value is -4.54. The number of hydrogen-bond acceptors (Lipinski definition) is 5. The van der Waals surface area contributed by atoms with E-state index in [9.17, 15) is 27.6 Å². The van der Waals surface area contributed by atoms with Crippen LogP contribution in [0.4, 0.5) is 29.3 Å². The van der Waals surface area contributed by atoms with E-state index in [2.05, 4.69) is 10.6 Å². The first-order valence-corrected chi connectivity index (χ1v) is 14.2. The Morgan fingerprint density at radius 2 is 1.64 bits per heavy atom. The molecule has 2 N–H and O–H groups in total. The Morgan fingerprint density at radius 3 is 2.23 bits per heavy atom. The number of halogens is 3. The van der Waals surface area contributed by atoms with Crippen molar-refractivity contribution in [3.63, 3.8) is 0 Å². The van der Waals surface area contributed by atoms with Gasteiger partial charge in [0.15, 0.2) is 0 Å². The second-order valence-corrected chi connectivity index (χ2v) is 11.7. The summed E-state index contributed by atoms with van der Waals surface area (Å²) in [5, 5.41) is 5.12. The highest BCUT2D eigenvalue weighted by Crippen LogP contribution is 2.41. The lowest BCUT2D eigenvalue weighted by Crippen LogP contribution is -2.47. The van der Waals surface area contributed by atoms with Gasteiger partial charge < -0.3 is 25.0 Å². The first-order valence-electron chi connectivity index (χ1n) is 14.2. The topological polar surface area (TPSA) is 97.0 Å². The van der Waals surface area contributed by atoms with E-state index in [1.165, 1.54) is 13.2 Å². The van der Waals surface area contributed by atoms with Crippen molar-refractivity contribution in [2.45, 2.75) is 64.9 Å². The monoisotopic (exact) mass is 611 g/mol. The number of ether oxygens (including phenoxy) is 2. The molecule has 0 aromatic heterocycles. The molecule has 1 fully saturated rings. The third-order valence-corrected chi connectivity index (χ3v) is 7.13. The molecule has 0 radical (unpaired) electrons. The van der Waals surface area contributed by atoms with E-state index >= 15 is 0 Å². The Balaban J connectivity index is 1.67. The second kappa shape index (κ2) is 13.0. The number of alkyl halides is 3. The molecular formula is C33H36F3N3O5. The average Bonchev–Trinajstić information content (AvgIpc) is 2.95. The predicted octanol–water partition coefficient (Wildman–Crippen LogP) is 7.17. The minimum Gasteiger partial charge on any atom is -0.497 e. The van der Waals surface area contributed by atoms with E-state index in [1.54, 1.807) is 62.1 Å². The summed E-state index contributed by atoms with van der Waals surface area (Å²) >= 11 is 0. The first-order chi connectivity index (χ1) is 20.6. The van der Waals surface area contributed by atoms with Gasteiger partial charge in [-0.05, 0) is 87.7 Å². The Labute approximate surface area is 254 Å². The van der Waals surface area contributed by atoms with Crippen molar-refractivity contribution >= 4 is 29.3 Å². The van der Waals surface area contributed by atoms with Crippen LogP contribution < -0.4 is 20.3 Å². The highest BCUT2D eigenvalue weighted by molar-refractivity contribution is 6.00. The van der Waals surface area contributed by atoms with Crippen molar-refractivity contribution in [3.05, 3.63) is 89.0 Å². The molecule has 0 bridgehead atoms. The number of carbonyl (C=O) groups excluding carboxylic acids is 3. The van der Waals surface area contributed by atoms with Gasteiger partial charge in [-0.2, -0.15) is 13.2 Å². The van der Waals surface area contributed by atoms with Crippen molar-refractivity contribution in [1.29, 1.82) is 0 Å². The van der Waals surface area contributed by atoms with Crippen LogP contribution in [0.25, 0.3) is 0 Å². The van der Waals surface area contributed by atoms with E-state index in [4.69, 9.17) is 9.47 Å². The highest BCUT2D eigenvalue weighted by atomic mass is 19.4. The normalized spacial score (nSPS) is 17.2. The number of alkyl carbamates (subject to hydrolysis) is 1. The number of nitrogens with one attached hydrogen (secondary N) is 2. The van der Waals surface area contributed by atoms with E-state index in [1.807, 2.05) is 19.1 Å². The lowest BCUT2D eigenvalue weighted by Gasteiger charge is -2.41. The van der Waals surface area contributed by atoms with Crippen LogP contribution >= 0.6 is 0 Å². The number of aryl methyl sites for hydroxylation is 1. The molecule has 1 aliphatic rings. The number of rotatable bonds is 7. The van der Waals surface area contributed by atoms with Gasteiger partial charge in [-0.15, -0.1) is 0 Å². The fourth-order valence-electron chi connectivity index (χ4n) is 5.11. The molecule has 1 saturated heterocycles. The number of piperidine rings is 1. The predicted molar refractivity (Wildman–Crippen MR) is 160 cm³/mol.